The van der Waals surface area contributed by atoms with Crippen LogP contribution in [0.4, 0.5) is 0 Å². The molecule has 0 aromatic heterocycles. The number of phenolic OH excluding ortho intramolecular Hbond substituents is 2. The molecule has 0 aliphatic heterocycles. The van der Waals surface area contributed by atoms with E-state index in [-0.39, 0.29) is 26.7 Å². The van der Waals surface area contributed by atoms with Gasteiger partial charge in [0.25, 0.3) is 0 Å². The summed E-state index contributed by atoms with van der Waals surface area (Å²) in [5.41, 5.74) is 0.709. The standard InChI is InChI=1S/C20H26O4S/c1-4-5-6-13-20(2,3)15-7-12-18(22)19(14-15)25(23,24)17-10-8-16(21)9-11-17/h7-12,14,21-22H,4-6,13H2,1-3H3. The molecule has 0 fully saturated rings. The molecular formula is C20H26O4S. The Morgan fingerprint density at radius 2 is 1.60 bits per heavy atom. The first-order valence-corrected chi connectivity index (χ1v) is 10.0. The highest BCUT2D eigenvalue weighted by Crippen LogP contribution is 2.36. The third-order valence-electron chi connectivity index (χ3n) is 4.58. The van der Waals surface area contributed by atoms with Crippen LogP contribution in [0.15, 0.2) is 52.3 Å². The van der Waals surface area contributed by atoms with Crippen LogP contribution in [0.3, 0.4) is 0 Å². The molecule has 0 saturated carbocycles. The third kappa shape index (κ3) is 4.34. The lowest BCUT2D eigenvalue weighted by atomic mass is 9.80. The van der Waals surface area contributed by atoms with Gasteiger partial charge in [0.1, 0.15) is 16.4 Å². The molecule has 2 N–H and O–H groups in total. The van der Waals surface area contributed by atoms with Gasteiger partial charge in [0.15, 0.2) is 0 Å². The van der Waals surface area contributed by atoms with Gasteiger partial charge in [0.05, 0.1) is 4.90 Å². The fourth-order valence-corrected chi connectivity index (χ4v) is 4.24. The molecule has 2 aromatic carbocycles. The van der Waals surface area contributed by atoms with Crippen LogP contribution in [0.5, 0.6) is 11.5 Å². The van der Waals surface area contributed by atoms with Crippen molar-refractivity contribution in [2.75, 3.05) is 0 Å². The summed E-state index contributed by atoms with van der Waals surface area (Å²) in [6.07, 6.45) is 4.29. The van der Waals surface area contributed by atoms with Gasteiger partial charge in [-0.3, -0.25) is 0 Å². The zero-order valence-corrected chi connectivity index (χ0v) is 15.8. The maximum absolute atomic E-state index is 12.9. The molecule has 0 atom stereocenters. The van der Waals surface area contributed by atoms with Crippen molar-refractivity contribution in [2.24, 2.45) is 0 Å². The van der Waals surface area contributed by atoms with E-state index < -0.39 is 9.84 Å². The van der Waals surface area contributed by atoms with Crippen molar-refractivity contribution >= 4 is 9.84 Å². The number of phenols is 2. The van der Waals surface area contributed by atoms with Crippen molar-refractivity contribution in [1.82, 2.24) is 0 Å². The summed E-state index contributed by atoms with van der Waals surface area (Å²) >= 11 is 0. The van der Waals surface area contributed by atoms with E-state index in [4.69, 9.17) is 0 Å². The molecule has 136 valence electrons. The van der Waals surface area contributed by atoms with Crippen molar-refractivity contribution in [3.63, 3.8) is 0 Å². The van der Waals surface area contributed by atoms with Crippen molar-refractivity contribution in [3.05, 3.63) is 48.0 Å². The molecule has 0 saturated heterocycles. The van der Waals surface area contributed by atoms with Crippen LogP contribution in [0.2, 0.25) is 0 Å². The van der Waals surface area contributed by atoms with E-state index in [1.807, 2.05) is 0 Å². The van der Waals surface area contributed by atoms with E-state index in [9.17, 15) is 18.6 Å². The fourth-order valence-electron chi connectivity index (χ4n) is 2.86. The lowest BCUT2D eigenvalue weighted by molar-refractivity contribution is 0.440. The number of benzene rings is 2. The number of hydrogen-bond donors (Lipinski definition) is 2. The minimum Gasteiger partial charge on any atom is -0.508 e. The Bertz CT molecular complexity index is 821. The zero-order valence-electron chi connectivity index (χ0n) is 15.0. The summed E-state index contributed by atoms with van der Waals surface area (Å²) in [6, 6.07) is 10.1. The Morgan fingerprint density at radius 1 is 0.960 bits per heavy atom. The Balaban J connectivity index is 2.43. The first-order chi connectivity index (χ1) is 11.7. The molecular weight excluding hydrogens is 336 g/mol. The zero-order chi connectivity index (χ0) is 18.7. The lowest BCUT2D eigenvalue weighted by Gasteiger charge is -2.26. The second-order valence-electron chi connectivity index (χ2n) is 7.02. The molecule has 0 aliphatic rings. The van der Waals surface area contributed by atoms with Crippen LogP contribution >= 0.6 is 0 Å². The average molecular weight is 362 g/mol. The Kier molecular flexibility index (Phi) is 5.78. The maximum atomic E-state index is 12.9. The Morgan fingerprint density at radius 3 is 2.20 bits per heavy atom. The van der Waals surface area contributed by atoms with Gasteiger partial charge in [-0.15, -0.1) is 0 Å². The molecule has 0 bridgehead atoms. The number of hydrogen-bond acceptors (Lipinski definition) is 4. The van der Waals surface area contributed by atoms with Crippen LogP contribution in [0, 0.1) is 0 Å². The van der Waals surface area contributed by atoms with Crippen LogP contribution in [0.25, 0.3) is 0 Å². The van der Waals surface area contributed by atoms with Crippen molar-refractivity contribution < 1.29 is 18.6 Å². The number of unbranched alkanes of at least 4 members (excludes halogenated alkanes) is 2. The lowest BCUT2D eigenvalue weighted by Crippen LogP contribution is -2.17. The summed E-state index contributed by atoms with van der Waals surface area (Å²) in [7, 11) is -3.86. The van der Waals surface area contributed by atoms with Crippen molar-refractivity contribution in [3.8, 4) is 11.5 Å². The second kappa shape index (κ2) is 7.48. The molecule has 0 amide bonds. The van der Waals surface area contributed by atoms with E-state index in [1.165, 1.54) is 30.3 Å². The minimum atomic E-state index is -3.86. The van der Waals surface area contributed by atoms with Gasteiger partial charge in [-0.1, -0.05) is 46.1 Å². The fraction of sp³-hybridized carbons (Fsp3) is 0.400. The summed E-state index contributed by atoms with van der Waals surface area (Å²) < 4.78 is 25.7. The SMILES string of the molecule is CCCCCC(C)(C)c1ccc(O)c(S(=O)(=O)c2ccc(O)cc2)c1. The molecule has 0 aliphatic carbocycles. The quantitative estimate of drug-likeness (QED) is 0.695. The highest BCUT2D eigenvalue weighted by atomic mass is 32.2. The molecule has 0 radical (unpaired) electrons. The van der Waals surface area contributed by atoms with Crippen molar-refractivity contribution in [2.45, 2.75) is 61.7 Å². The largest absolute Gasteiger partial charge is 0.508 e. The minimum absolute atomic E-state index is 0.00557. The summed E-state index contributed by atoms with van der Waals surface area (Å²) in [4.78, 5) is -0.0548. The summed E-state index contributed by atoms with van der Waals surface area (Å²) in [5, 5.41) is 19.5. The normalized spacial score (nSPS) is 12.3. The first-order valence-electron chi connectivity index (χ1n) is 8.56. The van der Waals surface area contributed by atoms with Crippen LogP contribution < -0.4 is 0 Å². The molecule has 25 heavy (non-hydrogen) atoms. The monoisotopic (exact) mass is 362 g/mol. The number of rotatable bonds is 7. The van der Waals surface area contributed by atoms with Crippen LogP contribution in [-0.2, 0) is 15.3 Å². The van der Waals surface area contributed by atoms with Gasteiger partial charge in [-0.2, -0.15) is 0 Å². The van der Waals surface area contributed by atoms with Gasteiger partial charge in [-0.05, 0) is 53.8 Å². The average Bonchev–Trinajstić information content (AvgIpc) is 2.55. The Hall–Kier alpha value is -2.01. The maximum Gasteiger partial charge on any atom is 0.210 e. The van der Waals surface area contributed by atoms with E-state index in [2.05, 4.69) is 20.8 Å². The number of aromatic hydroxyl groups is 2. The molecule has 4 nitrogen and oxygen atoms in total. The van der Waals surface area contributed by atoms with Crippen LogP contribution in [-0.4, -0.2) is 18.6 Å². The molecule has 5 heteroatoms. The topological polar surface area (TPSA) is 74.6 Å². The molecule has 0 heterocycles. The predicted octanol–water partition coefficient (Wildman–Crippen LogP) is 4.79. The highest BCUT2D eigenvalue weighted by Gasteiger charge is 2.26. The van der Waals surface area contributed by atoms with Crippen molar-refractivity contribution in [1.29, 1.82) is 0 Å². The van der Waals surface area contributed by atoms with Crippen LogP contribution in [0.1, 0.15) is 52.0 Å². The van der Waals surface area contributed by atoms with Gasteiger partial charge < -0.3 is 10.2 Å². The molecule has 2 aromatic rings. The van der Waals surface area contributed by atoms with E-state index in [0.29, 0.717) is 0 Å². The highest BCUT2D eigenvalue weighted by molar-refractivity contribution is 7.91. The van der Waals surface area contributed by atoms with Gasteiger partial charge in [-0.25, -0.2) is 8.42 Å². The summed E-state index contributed by atoms with van der Waals surface area (Å²) in [6.45, 7) is 6.33. The predicted molar refractivity (Wildman–Crippen MR) is 98.8 cm³/mol. The number of sulfone groups is 1. The van der Waals surface area contributed by atoms with E-state index in [0.717, 1.165) is 31.2 Å². The van der Waals surface area contributed by atoms with Gasteiger partial charge >= 0.3 is 0 Å². The van der Waals surface area contributed by atoms with E-state index in [1.54, 1.807) is 12.1 Å². The third-order valence-corrected chi connectivity index (χ3v) is 6.38. The Labute approximate surface area is 150 Å². The molecule has 0 spiro atoms. The summed E-state index contributed by atoms with van der Waals surface area (Å²) in [5.74, 6) is -0.268. The van der Waals surface area contributed by atoms with Gasteiger partial charge in [0, 0.05) is 0 Å². The second-order valence-corrected chi connectivity index (χ2v) is 8.94. The smallest absolute Gasteiger partial charge is 0.210 e. The first kappa shape index (κ1) is 19.3. The molecule has 0 unspecified atom stereocenters. The molecule has 2 rings (SSSR count). The van der Waals surface area contributed by atoms with E-state index >= 15 is 0 Å². The van der Waals surface area contributed by atoms with Gasteiger partial charge in [0.2, 0.25) is 9.84 Å².